The first-order valence-electron chi connectivity index (χ1n) is 11.7. The second-order valence-electron chi connectivity index (χ2n) is 10.8. The molecule has 6 atom stereocenters. The van der Waals surface area contributed by atoms with E-state index in [2.05, 4.69) is 88.4 Å². The summed E-state index contributed by atoms with van der Waals surface area (Å²) in [5, 5.41) is 2.67. The van der Waals surface area contributed by atoms with Crippen LogP contribution < -0.4 is 10.4 Å². The minimum atomic E-state index is -2.55. The van der Waals surface area contributed by atoms with Crippen molar-refractivity contribution in [2.24, 2.45) is 29.6 Å². The van der Waals surface area contributed by atoms with Crippen molar-refractivity contribution < 1.29 is 9.22 Å². The lowest BCUT2D eigenvalue weighted by atomic mass is 9.90. The predicted molar refractivity (Wildman–Crippen MR) is 124 cm³/mol. The van der Waals surface area contributed by atoms with Gasteiger partial charge in [0.1, 0.15) is 5.78 Å². The number of hydrogen-bond acceptors (Lipinski definition) is 2. The van der Waals surface area contributed by atoms with Crippen molar-refractivity contribution in [1.82, 2.24) is 0 Å². The third kappa shape index (κ3) is 2.81. The van der Waals surface area contributed by atoms with Gasteiger partial charge in [0.25, 0.3) is 8.32 Å². The summed E-state index contributed by atoms with van der Waals surface area (Å²) in [4.78, 5) is 13.0. The zero-order chi connectivity index (χ0) is 21.1. The van der Waals surface area contributed by atoms with Crippen LogP contribution in [0.1, 0.15) is 47.0 Å². The molecule has 0 aromatic heterocycles. The molecule has 3 aliphatic carbocycles. The van der Waals surface area contributed by atoms with E-state index in [1.807, 2.05) is 0 Å². The van der Waals surface area contributed by atoms with Crippen molar-refractivity contribution in [1.29, 1.82) is 0 Å². The summed E-state index contributed by atoms with van der Waals surface area (Å²) in [6.07, 6.45) is 3.57. The lowest BCUT2D eigenvalue weighted by molar-refractivity contribution is -0.124. The average molecular weight is 419 g/mol. The van der Waals surface area contributed by atoms with Crippen molar-refractivity contribution in [2.75, 3.05) is 0 Å². The lowest BCUT2D eigenvalue weighted by Crippen LogP contribution is -2.68. The molecule has 2 aromatic carbocycles. The van der Waals surface area contributed by atoms with Gasteiger partial charge in [0, 0.05) is 17.9 Å². The smallest absolute Gasteiger partial charge is 0.261 e. The SMILES string of the molecule is C[C@H]1C(=O)[C@@H]2C[C@H](O[Si](c3ccccc3)(c3ccccc3)C(C)(C)C)[C@@H]3CC[C@H]1[C@@H]32. The first kappa shape index (κ1) is 20.2. The van der Waals surface area contributed by atoms with Gasteiger partial charge in [0.2, 0.25) is 0 Å². The van der Waals surface area contributed by atoms with Gasteiger partial charge in [-0.05, 0) is 52.4 Å². The molecule has 2 aromatic rings. The Morgan fingerprint density at radius 1 is 0.867 bits per heavy atom. The molecule has 0 unspecified atom stereocenters. The topological polar surface area (TPSA) is 26.3 Å². The molecule has 0 spiro atoms. The Labute approximate surface area is 182 Å². The summed E-state index contributed by atoms with van der Waals surface area (Å²) in [5.41, 5.74) is 0. The molecule has 158 valence electrons. The molecule has 0 N–H and O–H groups in total. The largest absolute Gasteiger partial charge is 0.404 e. The molecule has 30 heavy (non-hydrogen) atoms. The minimum absolute atomic E-state index is 0.0112. The Bertz CT molecular complexity index is 877. The molecule has 2 nitrogen and oxygen atoms in total. The molecule has 3 fully saturated rings. The normalized spacial score (nSPS) is 33.1. The van der Waals surface area contributed by atoms with Gasteiger partial charge in [-0.3, -0.25) is 4.79 Å². The van der Waals surface area contributed by atoms with Gasteiger partial charge in [-0.1, -0.05) is 88.4 Å². The summed E-state index contributed by atoms with van der Waals surface area (Å²) >= 11 is 0. The molecule has 0 saturated heterocycles. The van der Waals surface area contributed by atoms with Crippen LogP contribution in [0.4, 0.5) is 0 Å². The highest BCUT2D eigenvalue weighted by Crippen LogP contribution is 2.60. The van der Waals surface area contributed by atoms with Crippen LogP contribution in [-0.2, 0) is 9.22 Å². The monoisotopic (exact) mass is 418 g/mol. The van der Waals surface area contributed by atoms with E-state index >= 15 is 0 Å². The molecule has 3 heteroatoms. The fraction of sp³-hybridized carbons (Fsp3) is 0.519. The number of benzene rings is 2. The van der Waals surface area contributed by atoms with E-state index in [1.54, 1.807) is 0 Å². The molecule has 0 aliphatic heterocycles. The predicted octanol–water partition coefficient (Wildman–Crippen LogP) is 4.81. The summed E-state index contributed by atoms with van der Waals surface area (Å²) in [6, 6.07) is 21.9. The van der Waals surface area contributed by atoms with E-state index in [4.69, 9.17) is 4.43 Å². The Hall–Kier alpha value is -1.71. The zero-order valence-corrected chi connectivity index (χ0v) is 19.7. The highest BCUT2D eigenvalue weighted by Gasteiger charge is 2.62. The van der Waals surface area contributed by atoms with E-state index in [0.717, 1.165) is 6.42 Å². The summed E-state index contributed by atoms with van der Waals surface area (Å²) < 4.78 is 7.47. The Balaban J connectivity index is 1.60. The van der Waals surface area contributed by atoms with Crippen molar-refractivity contribution in [2.45, 2.75) is 58.1 Å². The molecule has 3 aliphatic rings. The van der Waals surface area contributed by atoms with Gasteiger partial charge in [-0.15, -0.1) is 0 Å². The van der Waals surface area contributed by atoms with E-state index in [1.165, 1.54) is 23.2 Å². The Morgan fingerprint density at radius 3 is 1.93 bits per heavy atom. The maximum absolute atomic E-state index is 13.0. The van der Waals surface area contributed by atoms with Crippen LogP contribution >= 0.6 is 0 Å². The first-order chi connectivity index (χ1) is 14.3. The number of rotatable bonds is 4. The minimum Gasteiger partial charge on any atom is -0.404 e. The Kier molecular flexibility index (Phi) is 4.83. The fourth-order valence-electron chi connectivity index (χ4n) is 7.19. The molecule has 0 bridgehead atoms. The third-order valence-corrected chi connectivity index (χ3v) is 13.5. The van der Waals surface area contributed by atoms with Crippen LogP contribution in [0.2, 0.25) is 5.04 Å². The molecule has 0 amide bonds. The van der Waals surface area contributed by atoms with Crippen LogP contribution in [0, 0.1) is 29.6 Å². The van der Waals surface area contributed by atoms with Gasteiger partial charge in [-0.2, -0.15) is 0 Å². The van der Waals surface area contributed by atoms with Gasteiger partial charge in [-0.25, -0.2) is 0 Å². The number of carbonyl (C=O) groups is 1. The second kappa shape index (κ2) is 7.17. The van der Waals surface area contributed by atoms with Gasteiger partial charge >= 0.3 is 0 Å². The fourth-order valence-corrected chi connectivity index (χ4v) is 11.9. The van der Waals surface area contributed by atoms with E-state index in [9.17, 15) is 4.79 Å². The zero-order valence-electron chi connectivity index (χ0n) is 18.7. The van der Waals surface area contributed by atoms with Crippen LogP contribution in [0.3, 0.4) is 0 Å². The van der Waals surface area contributed by atoms with Crippen LogP contribution in [0.15, 0.2) is 60.7 Å². The van der Waals surface area contributed by atoms with Gasteiger partial charge in [0.05, 0.1) is 0 Å². The second-order valence-corrected chi connectivity index (χ2v) is 15.1. The first-order valence-corrected chi connectivity index (χ1v) is 13.6. The van der Waals surface area contributed by atoms with Crippen molar-refractivity contribution >= 4 is 24.5 Å². The molecular weight excluding hydrogens is 384 g/mol. The molecule has 0 heterocycles. The maximum atomic E-state index is 13.0. The molecule has 3 saturated carbocycles. The van der Waals surface area contributed by atoms with Gasteiger partial charge in [0.15, 0.2) is 0 Å². The van der Waals surface area contributed by atoms with Crippen LogP contribution in [0.25, 0.3) is 0 Å². The van der Waals surface area contributed by atoms with Crippen molar-refractivity contribution in [3.05, 3.63) is 60.7 Å². The van der Waals surface area contributed by atoms with E-state index < -0.39 is 8.32 Å². The molecule has 5 rings (SSSR count). The van der Waals surface area contributed by atoms with Gasteiger partial charge < -0.3 is 4.43 Å². The van der Waals surface area contributed by atoms with Crippen molar-refractivity contribution in [3.8, 4) is 0 Å². The summed E-state index contributed by atoms with van der Waals surface area (Å²) in [7, 11) is -2.55. The number of carbonyl (C=O) groups excluding carboxylic acids is 1. The summed E-state index contributed by atoms with van der Waals surface area (Å²) in [5.74, 6) is 2.73. The highest BCUT2D eigenvalue weighted by molar-refractivity contribution is 6.99. The van der Waals surface area contributed by atoms with Crippen LogP contribution in [0.5, 0.6) is 0 Å². The standard InChI is InChI=1S/C27H34O2Si/c1-18-21-15-16-22-24(17-23(25(21)22)26(18)28)29-30(27(2,3)4,19-11-7-5-8-12-19)20-13-9-6-10-14-20/h5-14,18,21-25H,15-17H2,1-4H3/t18-,21-,22+,23-,24+,25+/m1/s1. The van der Waals surface area contributed by atoms with Crippen LogP contribution in [-0.4, -0.2) is 20.2 Å². The molecular formula is C27H34O2Si. The number of ketones is 1. The summed E-state index contributed by atoms with van der Waals surface area (Å²) in [6.45, 7) is 9.21. The number of Topliss-reactive ketones (excluding diaryl/α,β-unsaturated/α-hetero) is 1. The van der Waals surface area contributed by atoms with E-state index in [0.29, 0.717) is 23.5 Å². The van der Waals surface area contributed by atoms with E-state index in [-0.39, 0.29) is 23.0 Å². The van der Waals surface area contributed by atoms with Crippen molar-refractivity contribution in [3.63, 3.8) is 0 Å². The number of hydrogen-bond donors (Lipinski definition) is 0. The lowest BCUT2D eigenvalue weighted by Gasteiger charge is -2.45. The highest BCUT2D eigenvalue weighted by atomic mass is 28.4. The maximum Gasteiger partial charge on any atom is 0.261 e. The third-order valence-electron chi connectivity index (χ3n) is 8.45. The average Bonchev–Trinajstić information content (AvgIpc) is 3.38. The molecule has 0 radical (unpaired) electrons. The Morgan fingerprint density at radius 2 is 1.40 bits per heavy atom. The quantitative estimate of drug-likeness (QED) is 0.666.